The van der Waals surface area contributed by atoms with E-state index in [1.54, 1.807) is 52.0 Å². The Labute approximate surface area is 135 Å². The second-order valence-electron chi connectivity index (χ2n) is 5.98. The van der Waals surface area contributed by atoms with Crippen molar-refractivity contribution in [2.24, 2.45) is 0 Å². The van der Waals surface area contributed by atoms with Gasteiger partial charge < -0.3 is 9.47 Å². The number of carbonyl (C=O) groups excluding carboxylic acids is 2. The lowest BCUT2D eigenvalue weighted by Crippen LogP contribution is -2.29. The Bertz CT molecular complexity index is 803. The molecule has 5 heteroatoms. The molecule has 0 spiro atoms. The molecule has 0 unspecified atom stereocenters. The lowest BCUT2D eigenvalue weighted by atomic mass is 10.1. The van der Waals surface area contributed by atoms with Crippen LogP contribution in [0.5, 0.6) is 0 Å². The SMILES string of the molecule is C#Cc1ccc2c(c1)cc(C(=O)OCC)n2C(=O)OC(C)(C)C. The fourth-order valence-electron chi connectivity index (χ4n) is 2.16. The molecule has 120 valence electrons. The van der Waals surface area contributed by atoms with Crippen molar-refractivity contribution in [3.8, 4) is 12.3 Å². The second kappa shape index (κ2) is 6.17. The third-order valence-electron chi connectivity index (χ3n) is 3.03. The lowest BCUT2D eigenvalue weighted by molar-refractivity contribution is 0.0454. The van der Waals surface area contributed by atoms with Crippen molar-refractivity contribution in [3.63, 3.8) is 0 Å². The molecule has 0 radical (unpaired) electrons. The van der Waals surface area contributed by atoms with Crippen LogP contribution >= 0.6 is 0 Å². The first-order chi connectivity index (χ1) is 10.8. The first-order valence-electron chi connectivity index (χ1n) is 7.29. The summed E-state index contributed by atoms with van der Waals surface area (Å²) in [5.41, 5.74) is 0.638. The van der Waals surface area contributed by atoms with Gasteiger partial charge in [-0.1, -0.05) is 5.92 Å². The molecule has 1 aromatic heterocycles. The maximum absolute atomic E-state index is 12.5. The van der Waals surface area contributed by atoms with Crippen LogP contribution in [0, 0.1) is 12.3 Å². The first kappa shape index (κ1) is 16.6. The molecule has 23 heavy (non-hydrogen) atoms. The molecule has 0 aliphatic rings. The zero-order chi connectivity index (χ0) is 17.2. The van der Waals surface area contributed by atoms with Crippen molar-refractivity contribution in [3.05, 3.63) is 35.5 Å². The minimum atomic E-state index is -0.682. The zero-order valence-electron chi connectivity index (χ0n) is 13.7. The fourth-order valence-corrected chi connectivity index (χ4v) is 2.16. The average molecular weight is 313 g/mol. The highest BCUT2D eigenvalue weighted by atomic mass is 16.6. The summed E-state index contributed by atoms with van der Waals surface area (Å²) < 4.78 is 11.6. The maximum atomic E-state index is 12.5. The van der Waals surface area contributed by atoms with E-state index in [4.69, 9.17) is 15.9 Å². The van der Waals surface area contributed by atoms with E-state index in [2.05, 4.69) is 5.92 Å². The highest BCUT2D eigenvalue weighted by molar-refractivity contribution is 6.01. The van der Waals surface area contributed by atoms with Gasteiger partial charge in [0.1, 0.15) is 11.3 Å². The van der Waals surface area contributed by atoms with Gasteiger partial charge in [-0.05, 0) is 52.0 Å². The third kappa shape index (κ3) is 3.54. The molecule has 0 saturated carbocycles. The summed E-state index contributed by atoms with van der Waals surface area (Å²) in [6.07, 6.45) is 4.76. The number of carbonyl (C=O) groups is 2. The molecular formula is C18H19NO4. The van der Waals surface area contributed by atoms with E-state index in [0.717, 1.165) is 0 Å². The predicted octanol–water partition coefficient (Wildman–Crippen LogP) is 3.58. The molecule has 0 aliphatic carbocycles. The molecule has 2 rings (SSSR count). The van der Waals surface area contributed by atoms with Crippen LogP contribution in [0.1, 0.15) is 43.7 Å². The van der Waals surface area contributed by atoms with Crippen LogP contribution in [0.15, 0.2) is 24.3 Å². The fraction of sp³-hybridized carbons (Fsp3) is 0.333. The molecule has 0 N–H and O–H groups in total. The Balaban J connectivity index is 2.63. The maximum Gasteiger partial charge on any atom is 0.419 e. The van der Waals surface area contributed by atoms with Crippen LogP contribution in [0.4, 0.5) is 4.79 Å². The number of aromatic nitrogens is 1. The standard InChI is InChI=1S/C18H19NO4/c1-6-12-8-9-14-13(10-12)11-15(16(20)22-7-2)19(14)17(21)23-18(3,4)5/h1,8-11H,7H2,2-5H3. The molecule has 0 atom stereocenters. The lowest BCUT2D eigenvalue weighted by Gasteiger charge is -2.20. The van der Waals surface area contributed by atoms with Gasteiger partial charge in [0, 0.05) is 10.9 Å². The van der Waals surface area contributed by atoms with Crippen LogP contribution in [0.2, 0.25) is 0 Å². The zero-order valence-corrected chi connectivity index (χ0v) is 13.7. The Morgan fingerprint density at radius 2 is 1.96 bits per heavy atom. The highest BCUT2D eigenvalue weighted by Gasteiger charge is 2.25. The van der Waals surface area contributed by atoms with Gasteiger partial charge in [-0.25, -0.2) is 14.2 Å². The second-order valence-corrected chi connectivity index (χ2v) is 5.98. The van der Waals surface area contributed by atoms with Gasteiger partial charge in [0.05, 0.1) is 12.1 Å². The van der Waals surface area contributed by atoms with E-state index in [1.165, 1.54) is 4.57 Å². The van der Waals surface area contributed by atoms with E-state index in [1.807, 2.05) is 0 Å². The molecule has 1 aromatic carbocycles. The average Bonchev–Trinajstić information content (AvgIpc) is 2.84. The van der Waals surface area contributed by atoms with E-state index in [9.17, 15) is 9.59 Å². The van der Waals surface area contributed by atoms with Crippen LogP contribution in [-0.2, 0) is 9.47 Å². The van der Waals surface area contributed by atoms with Crippen molar-refractivity contribution in [1.29, 1.82) is 0 Å². The molecule has 0 amide bonds. The van der Waals surface area contributed by atoms with Gasteiger partial charge >= 0.3 is 12.1 Å². The number of benzene rings is 1. The van der Waals surface area contributed by atoms with Gasteiger partial charge in [-0.15, -0.1) is 6.42 Å². The number of rotatable bonds is 2. The number of terminal acetylenes is 1. The van der Waals surface area contributed by atoms with Crippen molar-refractivity contribution >= 4 is 23.0 Å². The summed E-state index contributed by atoms with van der Waals surface area (Å²) >= 11 is 0. The molecule has 0 bridgehead atoms. The van der Waals surface area contributed by atoms with Gasteiger partial charge in [-0.3, -0.25) is 0 Å². The molecule has 0 aliphatic heterocycles. The number of hydrogen-bond acceptors (Lipinski definition) is 4. The van der Waals surface area contributed by atoms with Gasteiger partial charge in [0.15, 0.2) is 0 Å². The Hall–Kier alpha value is -2.74. The van der Waals surface area contributed by atoms with Crippen LogP contribution in [0.25, 0.3) is 10.9 Å². The normalized spacial score (nSPS) is 11.1. The number of fused-ring (bicyclic) bond motifs is 1. The van der Waals surface area contributed by atoms with Crippen LogP contribution in [0.3, 0.4) is 0 Å². The van der Waals surface area contributed by atoms with Crippen LogP contribution < -0.4 is 0 Å². The van der Waals surface area contributed by atoms with Crippen LogP contribution in [-0.4, -0.2) is 28.8 Å². The molecule has 1 heterocycles. The molecule has 2 aromatic rings. The number of nitrogens with zero attached hydrogens (tertiary/aromatic N) is 1. The van der Waals surface area contributed by atoms with Crippen molar-refractivity contribution in [2.75, 3.05) is 6.61 Å². The van der Waals surface area contributed by atoms with Gasteiger partial charge in [-0.2, -0.15) is 0 Å². The largest absolute Gasteiger partial charge is 0.461 e. The summed E-state index contributed by atoms with van der Waals surface area (Å²) in [6, 6.07) is 6.71. The van der Waals surface area contributed by atoms with E-state index in [0.29, 0.717) is 16.5 Å². The molecule has 0 saturated heterocycles. The quantitative estimate of drug-likeness (QED) is 0.628. The molecular weight excluding hydrogens is 294 g/mol. The summed E-state index contributed by atoms with van der Waals surface area (Å²) in [7, 11) is 0. The monoisotopic (exact) mass is 313 g/mol. The number of esters is 1. The van der Waals surface area contributed by atoms with Crippen molar-refractivity contribution in [1.82, 2.24) is 4.57 Å². The topological polar surface area (TPSA) is 57.5 Å². The van der Waals surface area contributed by atoms with Crippen molar-refractivity contribution in [2.45, 2.75) is 33.3 Å². The Morgan fingerprint density at radius 1 is 1.26 bits per heavy atom. The summed E-state index contributed by atoms with van der Waals surface area (Å²) in [4.78, 5) is 24.7. The third-order valence-corrected chi connectivity index (χ3v) is 3.03. The smallest absolute Gasteiger partial charge is 0.419 e. The summed E-state index contributed by atoms with van der Waals surface area (Å²) in [5.74, 6) is 1.94. The molecule has 0 fully saturated rings. The Morgan fingerprint density at radius 3 is 2.52 bits per heavy atom. The van der Waals surface area contributed by atoms with Crippen molar-refractivity contribution < 1.29 is 19.1 Å². The molecule has 5 nitrogen and oxygen atoms in total. The van der Waals surface area contributed by atoms with Gasteiger partial charge in [0.25, 0.3) is 0 Å². The summed E-state index contributed by atoms with van der Waals surface area (Å²) in [6.45, 7) is 7.20. The summed E-state index contributed by atoms with van der Waals surface area (Å²) in [5, 5.41) is 0.675. The first-order valence-corrected chi connectivity index (χ1v) is 7.29. The number of hydrogen-bond donors (Lipinski definition) is 0. The minimum Gasteiger partial charge on any atom is -0.461 e. The van der Waals surface area contributed by atoms with Gasteiger partial charge in [0.2, 0.25) is 0 Å². The highest BCUT2D eigenvalue weighted by Crippen LogP contribution is 2.23. The number of ether oxygens (including phenoxy) is 2. The Kier molecular flexibility index (Phi) is 4.46. The minimum absolute atomic E-state index is 0.116. The van der Waals surface area contributed by atoms with E-state index >= 15 is 0 Å². The predicted molar refractivity (Wildman–Crippen MR) is 87.5 cm³/mol. The van der Waals surface area contributed by atoms with E-state index in [-0.39, 0.29) is 12.3 Å². The van der Waals surface area contributed by atoms with E-state index < -0.39 is 17.7 Å².